The standard InChI is InChI=1S/C17H14Cl2N2OS2/c18-13-4-1-5-14(19)12(13)9-16-21-15(10-24-16)17(22)20-7-6-11-3-2-8-23-11/h1-5,8,10H,6-7,9H2,(H,20,22). The number of nitrogens with one attached hydrogen (secondary N) is 1. The smallest absolute Gasteiger partial charge is 0.270 e. The van der Waals surface area contributed by atoms with Crippen LogP contribution in [0.1, 0.15) is 25.9 Å². The molecule has 2 aromatic heterocycles. The van der Waals surface area contributed by atoms with E-state index in [1.165, 1.54) is 16.2 Å². The molecule has 0 unspecified atom stereocenters. The molecule has 0 aliphatic carbocycles. The van der Waals surface area contributed by atoms with Crippen molar-refractivity contribution in [3.8, 4) is 0 Å². The van der Waals surface area contributed by atoms with Gasteiger partial charge in [0.25, 0.3) is 5.91 Å². The molecule has 3 rings (SSSR count). The minimum absolute atomic E-state index is 0.153. The molecule has 0 spiro atoms. The Morgan fingerprint density at radius 1 is 1.12 bits per heavy atom. The van der Waals surface area contributed by atoms with Gasteiger partial charge in [-0.15, -0.1) is 22.7 Å². The minimum atomic E-state index is -0.153. The zero-order valence-electron chi connectivity index (χ0n) is 12.6. The maximum absolute atomic E-state index is 12.2. The summed E-state index contributed by atoms with van der Waals surface area (Å²) >= 11 is 15.5. The number of aromatic nitrogens is 1. The van der Waals surface area contributed by atoms with Crippen LogP contribution in [0.4, 0.5) is 0 Å². The molecule has 3 aromatic rings. The van der Waals surface area contributed by atoms with Gasteiger partial charge in [0.15, 0.2) is 0 Å². The van der Waals surface area contributed by atoms with Crippen molar-refractivity contribution >= 4 is 51.8 Å². The topological polar surface area (TPSA) is 42.0 Å². The first kappa shape index (κ1) is 17.4. The van der Waals surface area contributed by atoms with E-state index in [0.29, 0.717) is 28.7 Å². The summed E-state index contributed by atoms with van der Waals surface area (Å²) in [5, 5.41) is 8.73. The number of benzene rings is 1. The van der Waals surface area contributed by atoms with Crippen LogP contribution in [0.25, 0.3) is 0 Å². The second-order valence-electron chi connectivity index (χ2n) is 5.09. The fourth-order valence-corrected chi connectivity index (χ4v) is 4.22. The van der Waals surface area contributed by atoms with Crippen LogP contribution in [-0.2, 0) is 12.8 Å². The van der Waals surface area contributed by atoms with Crippen LogP contribution >= 0.6 is 45.9 Å². The molecular weight excluding hydrogens is 383 g/mol. The number of thiazole rings is 1. The lowest BCUT2D eigenvalue weighted by Gasteiger charge is -2.04. The number of halogens is 2. The van der Waals surface area contributed by atoms with E-state index in [4.69, 9.17) is 23.2 Å². The van der Waals surface area contributed by atoms with Gasteiger partial charge in [-0.1, -0.05) is 35.3 Å². The summed E-state index contributed by atoms with van der Waals surface area (Å²) in [6, 6.07) is 9.48. The quantitative estimate of drug-likeness (QED) is 0.631. The lowest BCUT2D eigenvalue weighted by atomic mass is 10.1. The number of amides is 1. The first-order valence-electron chi connectivity index (χ1n) is 7.31. The van der Waals surface area contributed by atoms with Gasteiger partial charge in [-0.3, -0.25) is 4.79 Å². The van der Waals surface area contributed by atoms with Crippen molar-refractivity contribution in [2.24, 2.45) is 0 Å². The van der Waals surface area contributed by atoms with Crippen LogP contribution < -0.4 is 5.32 Å². The van der Waals surface area contributed by atoms with Crippen LogP contribution in [0.5, 0.6) is 0 Å². The highest BCUT2D eigenvalue weighted by molar-refractivity contribution is 7.10. The molecule has 124 valence electrons. The SMILES string of the molecule is O=C(NCCc1cccs1)c1csc(Cc2c(Cl)cccc2Cl)n1. The highest BCUT2D eigenvalue weighted by Crippen LogP contribution is 2.27. The molecule has 1 aromatic carbocycles. The van der Waals surface area contributed by atoms with E-state index in [-0.39, 0.29) is 5.91 Å². The van der Waals surface area contributed by atoms with E-state index in [2.05, 4.69) is 16.4 Å². The number of carbonyl (C=O) groups excluding carboxylic acids is 1. The predicted octanol–water partition coefficient (Wildman–Crippen LogP) is 5.07. The molecule has 0 aliphatic heterocycles. The Morgan fingerprint density at radius 3 is 2.62 bits per heavy atom. The van der Waals surface area contributed by atoms with Gasteiger partial charge in [-0.2, -0.15) is 0 Å². The molecule has 0 bridgehead atoms. The van der Waals surface area contributed by atoms with Gasteiger partial charge in [0.05, 0.1) is 5.01 Å². The zero-order chi connectivity index (χ0) is 16.9. The van der Waals surface area contributed by atoms with E-state index in [9.17, 15) is 4.79 Å². The molecule has 0 atom stereocenters. The summed E-state index contributed by atoms with van der Waals surface area (Å²) in [6.45, 7) is 0.600. The summed E-state index contributed by atoms with van der Waals surface area (Å²) in [7, 11) is 0. The molecule has 7 heteroatoms. The van der Waals surface area contributed by atoms with E-state index in [0.717, 1.165) is 17.0 Å². The van der Waals surface area contributed by atoms with Crippen LogP contribution in [0, 0.1) is 0 Å². The van der Waals surface area contributed by atoms with Gasteiger partial charge in [0.2, 0.25) is 0 Å². The Labute approximate surface area is 158 Å². The molecule has 0 aliphatic rings. The summed E-state index contributed by atoms with van der Waals surface area (Å²) in [5.74, 6) is -0.153. The van der Waals surface area contributed by atoms with Crippen LogP contribution in [-0.4, -0.2) is 17.4 Å². The number of rotatable bonds is 6. The lowest BCUT2D eigenvalue weighted by Crippen LogP contribution is -2.25. The minimum Gasteiger partial charge on any atom is -0.350 e. The molecule has 2 heterocycles. The second-order valence-corrected chi connectivity index (χ2v) is 7.88. The van der Waals surface area contributed by atoms with Crippen LogP contribution in [0.2, 0.25) is 10.0 Å². The Bertz CT molecular complexity index is 811. The van der Waals surface area contributed by atoms with Crippen molar-refractivity contribution in [3.05, 3.63) is 72.3 Å². The van der Waals surface area contributed by atoms with Crippen molar-refractivity contribution in [1.29, 1.82) is 0 Å². The predicted molar refractivity (Wildman–Crippen MR) is 102 cm³/mol. The number of carbonyl (C=O) groups is 1. The maximum Gasteiger partial charge on any atom is 0.270 e. The molecule has 1 amide bonds. The highest BCUT2D eigenvalue weighted by atomic mass is 35.5. The number of hydrogen-bond donors (Lipinski definition) is 1. The number of nitrogens with zero attached hydrogens (tertiary/aromatic N) is 1. The fraction of sp³-hybridized carbons (Fsp3) is 0.176. The third kappa shape index (κ3) is 4.36. The highest BCUT2D eigenvalue weighted by Gasteiger charge is 2.13. The lowest BCUT2D eigenvalue weighted by molar-refractivity contribution is 0.0950. The Morgan fingerprint density at radius 2 is 1.92 bits per heavy atom. The van der Waals surface area contributed by atoms with Gasteiger partial charge >= 0.3 is 0 Å². The summed E-state index contributed by atoms with van der Waals surface area (Å²) < 4.78 is 0. The Balaban J connectivity index is 1.59. The van der Waals surface area contributed by atoms with Gasteiger partial charge < -0.3 is 5.32 Å². The molecule has 0 saturated carbocycles. The third-order valence-corrected chi connectivity index (χ3v) is 5.90. The van der Waals surface area contributed by atoms with Crippen molar-refractivity contribution in [2.75, 3.05) is 6.54 Å². The fourth-order valence-electron chi connectivity index (χ4n) is 2.19. The second kappa shape index (κ2) is 8.12. The van der Waals surface area contributed by atoms with Crippen molar-refractivity contribution in [2.45, 2.75) is 12.8 Å². The molecule has 0 fully saturated rings. The summed E-state index contributed by atoms with van der Waals surface area (Å²) in [4.78, 5) is 17.8. The summed E-state index contributed by atoms with van der Waals surface area (Å²) in [6.07, 6.45) is 1.35. The van der Waals surface area contributed by atoms with Crippen molar-refractivity contribution in [1.82, 2.24) is 10.3 Å². The Hall–Kier alpha value is -1.40. The van der Waals surface area contributed by atoms with E-state index >= 15 is 0 Å². The Kier molecular flexibility index (Phi) is 5.89. The maximum atomic E-state index is 12.2. The van der Waals surface area contributed by atoms with Gasteiger partial charge in [0, 0.05) is 33.3 Å². The molecule has 3 nitrogen and oxygen atoms in total. The van der Waals surface area contributed by atoms with Gasteiger partial charge in [-0.25, -0.2) is 4.98 Å². The third-order valence-electron chi connectivity index (χ3n) is 3.41. The molecule has 0 radical (unpaired) electrons. The monoisotopic (exact) mass is 396 g/mol. The first-order chi connectivity index (χ1) is 11.6. The van der Waals surface area contributed by atoms with Crippen LogP contribution in [0.15, 0.2) is 41.1 Å². The van der Waals surface area contributed by atoms with Crippen molar-refractivity contribution < 1.29 is 4.79 Å². The number of hydrogen-bond acceptors (Lipinski definition) is 4. The average Bonchev–Trinajstić information content (AvgIpc) is 3.23. The van der Waals surface area contributed by atoms with E-state index in [1.807, 2.05) is 17.5 Å². The summed E-state index contributed by atoms with van der Waals surface area (Å²) in [5.41, 5.74) is 1.27. The normalized spacial score (nSPS) is 10.8. The van der Waals surface area contributed by atoms with E-state index in [1.54, 1.807) is 28.8 Å². The van der Waals surface area contributed by atoms with Gasteiger partial charge in [0.1, 0.15) is 5.69 Å². The van der Waals surface area contributed by atoms with Crippen molar-refractivity contribution in [3.63, 3.8) is 0 Å². The van der Waals surface area contributed by atoms with E-state index < -0.39 is 0 Å². The number of thiophene rings is 1. The zero-order valence-corrected chi connectivity index (χ0v) is 15.7. The average molecular weight is 397 g/mol. The first-order valence-corrected chi connectivity index (χ1v) is 9.83. The largest absolute Gasteiger partial charge is 0.350 e. The van der Waals surface area contributed by atoms with Gasteiger partial charge in [-0.05, 0) is 35.6 Å². The molecule has 0 saturated heterocycles. The molecule has 24 heavy (non-hydrogen) atoms. The van der Waals surface area contributed by atoms with Crippen LogP contribution in [0.3, 0.4) is 0 Å². The molecular formula is C17H14Cl2N2OS2. The molecule has 1 N–H and O–H groups in total.